The fourth-order valence-electron chi connectivity index (χ4n) is 8.81. The fraction of sp³-hybridized carbons (Fsp3) is 0.784. The summed E-state index contributed by atoms with van der Waals surface area (Å²) in [5, 5.41) is 8.29. The summed E-state index contributed by atoms with van der Waals surface area (Å²) < 4.78 is 0. The van der Waals surface area contributed by atoms with Crippen LogP contribution in [0.1, 0.15) is 32.1 Å². The molecule has 0 aliphatic carbocycles. The van der Waals surface area contributed by atoms with Gasteiger partial charge in [-0.3, -0.25) is 4.79 Å². The van der Waals surface area contributed by atoms with Crippen molar-refractivity contribution in [2.24, 2.45) is 0 Å². The Labute approximate surface area is 350 Å². The van der Waals surface area contributed by atoms with Gasteiger partial charge in [0.15, 0.2) is 0 Å². The molecule has 0 atom stereocenters. The lowest BCUT2D eigenvalue weighted by Crippen LogP contribution is -2.43. The Morgan fingerprint density at radius 3 is 0.933 bits per heavy atom. The van der Waals surface area contributed by atoms with Crippen molar-refractivity contribution in [3.63, 3.8) is 0 Å². The Balaban J connectivity index is 0.000000182. The Bertz CT molecular complexity index is 1520. The lowest BCUT2D eigenvalue weighted by Gasteiger charge is -2.25. The summed E-state index contributed by atoms with van der Waals surface area (Å²) in [5.74, 6) is 0.125. The average molecular weight is 844 g/mol. The van der Waals surface area contributed by atoms with Crippen molar-refractivity contribution in [2.45, 2.75) is 32.1 Å². The SMILES string of the molecule is O=C1CCCN1CN1CCN(CCCN2CCN(CN3CCNC3=O)C2=O)C1=O.O=C1NCCN1CCCN1CCN(CN2CCN(CCCN3CCNC3=O)C2=O)C1=O. The Morgan fingerprint density at radius 2 is 0.617 bits per heavy atom. The molecule has 8 aliphatic heterocycles. The average Bonchev–Trinajstić information content (AvgIpc) is 4.14. The second kappa shape index (κ2) is 19.6. The number of amides is 15. The molecule has 0 unspecified atom stereocenters. The van der Waals surface area contributed by atoms with E-state index < -0.39 is 0 Å². The van der Waals surface area contributed by atoms with Gasteiger partial charge in [-0.15, -0.1) is 0 Å². The highest BCUT2D eigenvalue weighted by Gasteiger charge is 2.36. The van der Waals surface area contributed by atoms with Crippen molar-refractivity contribution < 1.29 is 38.4 Å². The van der Waals surface area contributed by atoms with Crippen LogP contribution in [-0.2, 0) is 4.79 Å². The molecule has 0 aromatic heterocycles. The first-order chi connectivity index (χ1) is 29.0. The molecule has 8 heterocycles. The van der Waals surface area contributed by atoms with E-state index in [1.54, 1.807) is 58.8 Å². The minimum atomic E-state index is -0.121. The van der Waals surface area contributed by atoms with Crippen LogP contribution >= 0.6 is 0 Å². The third-order valence-electron chi connectivity index (χ3n) is 12.3. The second-order valence-corrected chi connectivity index (χ2v) is 16.3. The van der Waals surface area contributed by atoms with Gasteiger partial charge in [0, 0.05) is 144 Å². The molecule has 0 saturated carbocycles. The van der Waals surface area contributed by atoms with Crippen molar-refractivity contribution in [3.05, 3.63) is 0 Å². The molecule has 0 aromatic carbocycles. The maximum Gasteiger partial charge on any atom is 0.321 e. The fourth-order valence-corrected chi connectivity index (χ4v) is 8.81. The predicted octanol–water partition coefficient (Wildman–Crippen LogP) is -1.34. The molecule has 0 bridgehead atoms. The zero-order chi connectivity index (χ0) is 42.2. The van der Waals surface area contributed by atoms with E-state index in [-0.39, 0.29) is 48.1 Å². The van der Waals surface area contributed by atoms with Crippen LogP contribution in [-0.4, -0.2) is 264 Å². The van der Waals surface area contributed by atoms with Crippen molar-refractivity contribution >= 4 is 48.1 Å². The van der Waals surface area contributed by atoms with Gasteiger partial charge in [-0.25, -0.2) is 33.6 Å². The molecule has 0 aromatic rings. The number of nitrogens with one attached hydrogen (secondary N) is 3. The van der Waals surface area contributed by atoms with E-state index >= 15 is 0 Å². The molecule has 60 heavy (non-hydrogen) atoms. The monoisotopic (exact) mass is 843 g/mol. The van der Waals surface area contributed by atoms with E-state index in [1.807, 2.05) is 0 Å². The quantitative estimate of drug-likeness (QED) is 0.150. The molecule has 332 valence electrons. The molecule has 0 radical (unpaired) electrons. The second-order valence-electron chi connectivity index (χ2n) is 16.3. The summed E-state index contributed by atoms with van der Waals surface area (Å²) in [4.78, 5) is 118. The van der Waals surface area contributed by atoms with Crippen LogP contribution in [0, 0.1) is 0 Å². The third kappa shape index (κ3) is 10.2. The molecule has 23 nitrogen and oxygen atoms in total. The first kappa shape index (κ1) is 42.5. The van der Waals surface area contributed by atoms with Gasteiger partial charge in [-0.2, -0.15) is 0 Å². The van der Waals surface area contributed by atoms with E-state index in [1.165, 1.54) is 0 Å². The summed E-state index contributed by atoms with van der Waals surface area (Å²) >= 11 is 0. The summed E-state index contributed by atoms with van der Waals surface area (Å²) in [7, 11) is 0. The molecule has 8 aliphatic rings. The van der Waals surface area contributed by atoms with Gasteiger partial charge in [0.25, 0.3) is 0 Å². The molecule has 8 fully saturated rings. The van der Waals surface area contributed by atoms with Gasteiger partial charge >= 0.3 is 42.2 Å². The van der Waals surface area contributed by atoms with Crippen molar-refractivity contribution in [3.8, 4) is 0 Å². The number of likely N-dealkylation sites (tertiary alicyclic amines) is 1. The van der Waals surface area contributed by atoms with E-state index in [2.05, 4.69) is 16.0 Å². The highest BCUT2D eigenvalue weighted by Crippen LogP contribution is 2.18. The van der Waals surface area contributed by atoms with Crippen LogP contribution in [0.5, 0.6) is 0 Å². The maximum absolute atomic E-state index is 12.7. The topological polar surface area (TPSA) is 212 Å². The zero-order valence-corrected chi connectivity index (χ0v) is 34.6. The highest BCUT2D eigenvalue weighted by atomic mass is 16.2. The molecule has 8 rings (SSSR count). The van der Waals surface area contributed by atoms with Crippen LogP contribution < -0.4 is 16.0 Å². The molecule has 3 N–H and O–H groups in total. The zero-order valence-electron chi connectivity index (χ0n) is 34.6. The number of hydrogen-bond donors (Lipinski definition) is 3. The van der Waals surface area contributed by atoms with Crippen LogP contribution in [0.25, 0.3) is 0 Å². The predicted molar refractivity (Wildman–Crippen MR) is 214 cm³/mol. The molecule has 8 saturated heterocycles. The summed E-state index contributed by atoms with van der Waals surface area (Å²) in [6.45, 7) is 14.6. The molecule has 15 amide bonds. The number of rotatable bonds is 18. The van der Waals surface area contributed by atoms with Gasteiger partial charge in [0.05, 0.1) is 20.0 Å². The first-order valence-corrected chi connectivity index (χ1v) is 21.6. The highest BCUT2D eigenvalue weighted by molar-refractivity contribution is 5.81. The first-order valence-electron chi connectivity index (χ1n) is 21.6. The summed E-state index contributed by atoms with van der Waals surface area (Å²) in [5.41, 5.74) is 0. The Kier molecular flexibility index (Phi) is 13.9. The van der Waals surface area contributed by atoms with Crippen molar-refractivity contribution in [1.29, 1.82) is 0 Å². The Hall–Kier alpha value is -5.64. The van der Waals surface area contributed by atoms with Gasteiger partial charge in [0.1, 0.15) is 0 Å². The molecular formula is C37H61N15O8. The smallest absolute Gasteiger partial charge is 0.321 e. The number of carbonyl (C=O) groups is 8. The largest absolute Gasteiger partial charge is 0.336 e. The lowest BCUT2D eigenvalue weighted by molar-refractivity contribution is -0.128. The number of carbonyl (C=O) groups excluding carboxylic acids is 8. The minimum absolute atomic E-state index is 0.0286. The van der Waals surface area contributed by atoms with Crippen LogP contribution in [0.3, 0.4) is 0 Å². The van der Waals surface area contributed by atoms with Gasteiger partial charge < -0.3 is 74.7 Å². The van der Waals surface area contributed by atoms with E-state index in [0.717, 1.165) is 38.9 Å². The summed E-state index contributed by atoms with van der Waals surface area (Å²) in [6, 6.07) is -0.352. The van der Waals surface area contributed by atoms with E-state index in [4.69, 9.17) is 0 Å². The van der Waals surface area contributed by atoms with Crippen LogP contribution in [0.15, 0.2) is 0 Å². The molecular weight excluding hydrogens is 783 g/mol. The Morgan fingerprint density at radius 1 is 0.317 bits per heavy atom. The lowest BCUT2D eigenvalue weighted by atomic mass is 10.3. The van der Waals surface area contributed by atoms with Gasteiger partial charge in [0.2, 0.25) is 5.91 Å². The molecule has 23 heteroatoms. The van der Waals surface area contributed by atoms with E-state index in [9.17, 15) is 38.4 Å². The van der Waals surface area contributed by atoms with Crippen LogP contribution in [0.4, 0.5) is 33.6 Å². The number of urea groups is 7. The summed E-state index contributed by atoms with van der Waals surface area (Å²) in [6.07, 6.45) is 3.66. The van der Waals surface area contributed by atoms with Gasteiger partial charge in [-0.1, -0.05) is 0 Å². The van der Waals surface area contributed by atoms with Crippen LogP contribution in [0.2, 0.25) is 0 Å². The number of hydrogen-bond acceptors (Lipinski definition) is 8. The third-order valence-corrected chi connectivity index (χ3v) is 12.3. The van der Waals surface area contributed by atoms with Gasteiger partial charge in [-0.05, 0) is 25.7 Å². The normalized spacial score (nSPS) is 22.3. The van der Waals surface area contributed by atoms with E-state index in [0.29, 0.717) is 151 Å². The maximum atomic E-state index is 12.7. The number of nitrogens with zero attached hydrogens (tertiary/aromatic N) is 12. The van der Waals surface area contributed by atoms with Crippen molar-refractivity contribution in [2.75, 3.05) is 157 Å². The minimum Gasteiger partial charge on any atom is -0.336 e. The standard InChI is InChI=1S/C19H32N8O4.C18H29N7O4/c28-16-20-3-9-22(16)5-1-7-24-11-13-26(18(24)30)15-27-14-12-25(19(27)31)8-2-6-23-10-4-21-17(23)29;26-15-3-1-5-22(15)13-24-11-9-20(17(24)28)6-2-7-21-10-12-25(18(21)29)14-23-8-4-19-16(23)27/h1-15H2,(H,20,28)(H,21,29);1-14H2,(H,19,27). The molecule has 0 spiro atoms. The van der Waals surface area contributed by atoms with Crippen molar-refractivity contribution in [1.82, 2.24) is 74.7 Å².